The molecule has 1 aliphatic carbocycles. The molecular formula is C13H21NO3. The van der Waals surface area contributed by atoms with E-state index < -0.39 is 5.97 Å². The first-order valence-electron chi connectivity index (χ1n) is 6.34. The minimum Gasteiger partial charge on any atom is -0.481 e. The second kappa shape index (κ2) is 7.87. The van der Waals surface area contributed by atoms with E-state index in [0.29, 0.717) is 6.54 Å². The zero-order valence-electron chi connectivity index (χ0n) is 10.2. The summed E-state index contributed by atoms with van der Waals surface area (Å²) in [4.78, 5) is 21.9. The monoisotopic (exact) mass is 239 g/mol. The van der Waals surface area contributed by atoms with E-state index in [1.165, 1.54) is 0 Å². The van der Waals surface area contributed by atoms with Gasteiger partial charge in [-0.1, -0.05) is 25.0 Å². The molecule has 1 aliphatic rings. The number of carbonyl (C=O) groups is 2. The normalized spacial score (nSPS) is 15.1. The predicted octanol–water partition coefficient (Wildman–Crippen LogP) is 2.10. The van der Waals surface area contributed by atoms with Crippen LogP contribution >= 0.6 is 0 Å². The molecule has 0 aromatic rings. The van der Waals surface area contributed by atoms with Crippen molar-refractivity contribution in [3.63, 3.8) is 0 Å². The van der Waals surface area contributed by atoms with Gasteiger partial charge in [-0.2, -0.15) is 0 Å². The molecule has 0 saturated heterocycles. The van der Waals surface area contributed by atoms with Crippen molar-refractivity contribution >= 4 is 11.9 Å². The lowest BCUT2D eigenvalue weighted by atomic mass is 10.1. The molecule has 0 spiro atoms. The van der Waals surface area contributed by atoms with Gasteiger partial charge in [0.05, 0.1) is 0 Å². The summed E-state index contributed by atoms with van der Waals surface area (Å²) >= 11 is 0. The number of rotatable bonds is 8. The molecule has 0 unspecified atom stereocenters. The highest BCUT2D eigenvalue weighted by atomic mass is 16.4. The number of hydrogen-bond donors (Lipinski definition) is 2. The zero-order valence-corrected chi connectivity index (χ0v) is 10.2. The van der Waals surface area contributed by atoms with Gasteiger partial charge in [-0.05, 0) is 25.7 Å². The molecule has 0 aliphatic heterocycles. The van der Waals surface area contributed by atoms with Crippen molar-refractivity contribution in [1.82, 2.24) is 5.32 Å². The molecule has 0 radical (unpaired) electrons. The smallest absolute Gasteiger partial charge is 0.303 e. The molecule has 0 fully saturated rings. The Morgan fingerprint density at radius 3 is 2.41 bits per heavy atom. The van der Waals surface area contributed by atoms with Crippen molar-refractivity contribution in [2.75, 3.05) is 6.54 Å². The van der Waals surface area contributed by atoms with Gasteiger partial charge in [0.2, 0.25) is 5.91 Å². The molecule has 1 amide bonds. The van der Waals surface area contributed by atoms with Gasteiger partial charge < -0.3 is 10.4 Å². The van der Waals surface area contributed by atoms with Gasteiger partial charge in [0.15, 0.2) is 0 Å². The van der Waals surface area contributed by atoms with Crippen LogP contribution < -0.4 is 5.32 Å². The van der Waals surface area contributed by atoms with Crippen LogP contribution in [0.15, 0.2) is 12.2 Å². The van der Waals surface area contributed by atoms with Crippen LogP contribution in [0.4, 0.5) is 0 Å². The first-order chi connectivity index (χ1) is 8.20. The van der Waals surface area contributed by atoms with Gasteiger partial charge in [-0.15, -0.1) is 0 Å². The third-order valence-corrected chi connectivity index (χ3v) is 3.00. The van der Waals surface area contributed by atoms with Gasteiger partial charge in [-0.3, -0.25) is 9.59 Å². The van der Waals surface area contributed by atoms with Gasteiger partial charge in [-0.25, -0.2) is 0 Å². The maximum atomic E-state index is 11.6. The molecule has 17 heavy (non-hydrogen) atoms. The van der Waals surface area contributed by atoms with Crippen LogP contribution in [-0.2, 0) is 9.59 Å². The van der Waals surface area contributed by atoms with Crippen LogP contribution in [0.1, 0.15) is 44.9 Å². The highest BCUT2D eigenvalue weighted by Gasteiger charge is 2.17. The molecule has 4 heteroatoms. The van der Waals surface area contributed by atoms with E-state index in [0.717, 1.165) is 38.5 Å². The van der Waals surface area contributed by atoms with E-state index >= 15 is 0 Å². The van der Waals surface area contributed by atoms with E-state index in [4.69, 9.17) is 5.11 Å². The maximum absolute atomic E-state index is 11.6. The second-order valence-electron chi connectivity index (χ2n) is 4.49. The van der Waals surface area contributed by atoms with E-state index in [1.807, 2.05) is 0 Å². The Bertz CT molecular complexity index is 278. The Balaban J connectivity index is 1.90. The van der Waals surface area contributed by atoms with Crippen molar-refractivity contribution in [2.24, 2.45) is 5.92 Å². The highest BCUT2D eigenvalue weighted by Crippen LogP contribution is 2.17. The fourth-order valence-corrected chi connectivity index (χ4v) is 1.94. The summed E-state index contributed by atoms with van der Waals surface area (Å²) in [5.41, 5.74) is 0. The van der Waals surface area contributed by atoms with E-state index in [1.54, 1.807) is 0 Å². The number of allylic oxidation sites excluding steroid dienone is 2. The van der Waals surface area contributed by atoms with Crippen LogP contribution in [0.3, 0.4) is 0 Å². The minimum atomic E-state index is -0.730. The summed E-state index contributed by atoms with van der Waals surface area (Å²) in [6.07, 6.45) is 9.66. The molecule has 0 saturated carbocycles. The average molecular weight is 239 g/mol. The second-order valence-corrected chi connectivity index (χ2v) is 4.49. The number of carboxylic acid groups (broad SMARTS) is 1. The van der Waals surface area contributed by atoms with Crippen molar-refractivity contribution < 1.29 is 14.7 Å². The molecule has 96 valence electrons. The maximum Gasteiger partial charge on any atom is 0.303 e. The van der Waals surface area contributed by atoms with Crippen LogP contribution in [0, 0.1) is 5.92 Å². The first kappa shape index (κ1) is 13.7. The Morgan fingerprint density at radius 2 is 1.76 bits per heavy atom. The van der Waals surface area contributed by atoms with E-state index in [-0.39, 0.29) is 18.2 Å². The average Bonchev–Trinajstić information content (AvgIpc) is 2.80. The van der Waals surface area contributed by atoms with Crippen molar-refractivity contribution in [1.29, 1.82) is 0 Å². The predicted molar refractivity (Wildman–Crippen MR) is 65.6 cm³/mol. The molecule has 2 N–H and O–H groups in total. The van der Waals surface area contributed by atoms with Crippen LogP contribution in [0.25, 0.3) is 0 Å². The topological polar surface area (TPSA) is 66.4 Å². The van der Waals surface area contributed by atoms with Crippen LogP contribution in [-0.4, -0.2) is 23.5 Å². The van der Waals surface area contributed by atoms with Crippen molar-refractivity contribution in [2.45, 2.75) is 44.9 Å². The molecular weight excluding hydrogens is 218 g/mol. The van der Waals surface area contributed by atoms with E-state index in [9.17, 15) is 9.59 Å². The quantitative estimate of drug-likeness (QED) is 0.503. The van der Waals surface area contributed by atoms with Gasteiger partial charge in [0.1, 0.15) is 0 Å². The van der Waals surface area contributed by atoms with Crippen LogP contribution in [0.5, 0.6) is 0 Å². The summed E-state index contributed by atoms with van der Waals surface area (Å²) in [7, 11) is 0. The highest BCUT2D eigenvalue weighted by molar-refractivity contribution is 5.79. The molecule has 4 nitrogen and oxygen atoms in total. The first-order valence-corrected chi connectivity index (χ1v) is 6.34. The summed E-state index contributed by atoms with van der Waals surface area (Å²) in [5, 5.41) is 11.4. The number of carboxylic acids is 1. The summed E-state index contributed by atoms with van der Waals surface area (Å²) in [6.45, 7) is 0.711. The van der Waals surface area contributed by atoms with Gasteiger partial charge in [0.25, 0.3) is 0 Å². The largest absolute Gasteiger partial charge is 0.481 e. The fourth-order valence-electron chi connectivity index (χ4n) is 1.94. The summed E-state index contributed by atoms with van der Waals surface area (Å²) < 4.78 is 0. The Morgan fingerprint density at radius 1 is 1.12 bits per heavy atom. The number of aliphatic carboxylic acids is 1. The van der Waals surface area contributed by atoms with Gasteiger partial charge in [0, 0.05) is 18.9 Å². The number of nitrogens with one attached hydrogen (secondary N) is 1. The standard InChI is InChI=1S/C13H21NO3/c15-12(16)9-3-1-2-6-10-14-13(17)11-7-4-5-8-11/h4-5,11H,1-3,6-10H2,(H,14,17)(H,15,16). The molecule has 0 bridgehead atoms. The number of carbonyl (C=O) groups excluding carboxylic acids is 1. The molecule has 0 heterocycles. The Hall–Kier alpha value is -1.32. The molecule has 1 rings (SSSR count). The van der Waals surface area contributed by atoms with Gasteiger partial charge >= 0.3 is 5.97 Å². The number of unbranched alkanes of at least 4 members (excludes halogenated alkanes) is 3. The lowest BCUT2D eigenvalue weighted by Gasteiger charge is -2.09. The van der Waals surface area contributed by atoms with Crippen molar-refractivity contribution in [3.8, 4) is 0 Å². The molecule has 0 aromatic heterocycles. The Labute approximate surface area is 102 Å². The Kier molecular flexibility index (Phi) is 6.37. The number of hydrogen-bond acceptors (Lipinski definition) is 2. The third kappa shape index (κ3) is 6.09. The minimum absolute atomic E-state index is 0.141. The molecule has 0 aromatic carbocycles. The van der Waals surface area contributed by atoms with Crippen LogP contribution in [0.2, 0.25) is 0 Å². The number of amides is 1. The SMILES string of the molecule is O=C(O)CCCCCCNC(=O)C1CC=CC1. The van der Waals surface area contributed by atoms with Crippen molar-refractivity contribution in [3.05, 3.63) is 12.2 Å². The fraction of sp³-hybridized carbons (Fsp3) is 0.692. The zero-order chi connectivity index (χ0) is 12.5. The lowest BCUT2D eigenvalue weighted by molar-refractivity contribution is -0.137. The lowest BCUT2D eigenvalue weighted by Crippen LogP contribution is -2.30. The van der Waals surface area contributed by atoms with E-state index in [2.05, 4.69) is 17.5 Å². The third-order valence-electron chi connectivity index (χ3n) is 3.00. The molecule has 0 atom stereocenters. The summed E-state index contributed by atoms with van der Waals surface area (Å²) in [6, 6.07) is 0. The summed E-state index contributed by atoms with van der Waals surface area (Å²) in [5.74, 6) is -0.436.